The normalized spacial score (nSPS) is 15.2. The summed E-state index contributed by atoms with van der Waals surface area (Å²) in [6.07, 6.45) is 1.43. The highest BCUT2D eigenvalue weighted by molar-refractivity contribution is 7.95. The van der Waals surface area contributed by atoms with Crippen LogP contribution in [-0.4, -0.2) is 35.4 Å². The molecule has 44 heavy (non-hydrogen) atoms. The number of benzene rings is 3. The van der Waals surface area contributed by atoms with Gasteiger partial charge in [0.2, 0.25) is 9.84 Å². The van der Waals surface area contributed by atoms with E-state index in [4.69, 9.17) is 10.5 Å². The van der Waals surface area contributed by atoms with Crippen LogP contribution in [0.3, 0.4) is 0 Å². The number of aromatic nitrogens is 1. The maximum absolute atomic E-state index is 14.2. The van der Waals surface area contributed by atoms with Crippen molar-refractivity contribution >= 4 is 56.0 Å². The maximum atomic E-state index is 14.2. The first kappa shape index (κ1) is 30.1. The van der Waals surface area contributed by atoms with Crippen molar-refractivity contribution in [2.45, 2.75) is 17.7 Å². The Kier molecular flexibility index (Phi) is 7.99. The molecule has 0 saturated heterocycles. The Morgan fingerprint density at radius 1 is 0.977 bits per heavy atom. The van der Waals surface area contributed by atoms with E-state index in [-0.39, 0.29) is 43.2 Å². The molecule has 0 fully saturated rings. The summed E-state index contributed by atoms with van der Waals surface area (Å²) in [4.78, 5) is 48.0. The van der Waals surface area contributed by atoms with Gasteiger partial charge in [0, 0.05) is 24.3 Å². The largest absolute Gasteiger partial charge is 0.463 e. The number of non-ortho nitro benzene ring substituents is 2. The summed E-state index contributed by atoms with van der Waals surface area (Å²) >= 11 is 0.854. The highest BCUT2D eigenvalue weighted by Gasteiger charge is 2.42. The minimum Gasteiger partial charge on any atom is -0.463 e. The monoisotopic (exact) mass is 634 g/mol. The number of ether oxygens (including phenoxy) is 1. The smallest absolute Gasteiger partial charge is 0.338 e. The minimum atomic E-state index is -4.48. The standard InChI is InChI=1S/C29H22N4O9S2/c1-2-42-29(35)24-23(18-10-14-20(15-11-18)33(38)39)25(44(40,41)21-6-4-3-5-7-21)26(30)31-27(34)22(43-28(24)31)16-17-8-12-19(13-9-17)32(36)37/h3-16,23H,2,30H2,1H3/b22-16+/t23-/m1/s1. The van der Waals surface area contributed by atoms with Crippen molar-refractivity contribution in [3.63, 3.8) is 0 Å². The molecule has 13 nitrogen and oxygen atoms in total. The van der Waals surface area contributed by atoms with Gasteiger partial charge in [0.25, 0.3) is 16.9 Å². The van der Waals surface area contributed by atoms with Crippen molar-refractivity contribution in [1.29, 1.82) is 0 Å². The van der Waals surface area contributed by atoms with Gasteiger partial charge >= 0.3 is 5.97 Å². The van der Waals surface area contributed by atoms with E-state index >= 15 is 0 Å². The van der Waals surface area contributed by atoms with Crippen molar-refractivity contribution in [3.05, 3.63) is 135 Å². The highest BCUT2D eigenvalue weighted by Crippen LogP contribution is 2.42. The Hall–Kier alpha value is -5.41. The fourth-order valence-corrected chi connectivity index (χ4v) is 7.64. The molecule has 1 aliphatic heterocycles. The fourth-order valence-electron chi connectivity index (χ4n) is 4.78. The number of nitro groups is 2. The molecule has 2 N–H and O–H groups in total. The van der Waals surface area contributed by atoms with E-state index < -0.39 is 47.9 Å². The van der Waals surface area contributed by atoms with Crippen LogP contribution in [0.5, 0.6) is 0 Å². The molecule has 0 radical (unpaired) electrons. The number of nitrogens with two attached hydrogens (primary N) is 1. The van der Waals surface area contributed by atoms with Gasteiger partial charge in [0.1, 0.15) is 15.4 Å². The quantitative estimate of drug-likeness (QED) is 0.171. The number of nitro benzene ring substituents is 2. The first-order valence-electron chi connectivity index (χ1n) is 12.9. The fraction of sp³-hybridized carbons (Fsp3) is 0.103. The molecule has 0 unspecified atom stereocenters. The lowest BCUT2D eigenvalue weighted by Crippen LogP contribution is -2.41. The molecular weight excluding hydrogens is 612 g/mol. The number of thiazole rings is 1. The number of allylic oxidation sites excluding steroid dienone is 1. The SMILES string of the molecule is CCOC(=O)C1=c2s/c(=C/c3ccc([N+](=O)[O-])cc3)c(=O)n2C(N)=C(S(=O)(=O)c2ccccc2)[C@@H]1c1ccc([N+](=O)[O-])cc1. The second-order valence-corrected chi connectivity index (χ2v) is 12.3. The van der Waals surface area contributed by atoms with E-state index in [2.05, 4.69) is 0 Å². The van der Waals surface area contributed by atoms with Crippen LogP contribution in [-0.2, 0) is 19.4 Å². The van der Waals surface area contributed by atoms with Crippen LogP contribution in [0.15, 0.2) is 93.5 Å². The lowest BCUT2D eigenvalue weighted by atomic mass is 9.89. The lowest BCUT2D eigenvalue weighted by Gasteiger charge is -2.28. The van der Waals surface area contributed by atoms with Crippen molar-refractivity contribution in [2.75, 3.05) is 6.61 Å². The number of rotatable bonds is 8. The summed E-state index contributed by atoms with van der Waals surface area (Å²) in [6.45, 7) is 1.48. The van der Waals surface area contributed by atoms with Crippen LogP contribution in [0, 0.1) is 20.2 Å². The third-order valence-corrected chi connectivity index (χ3v) is 9.80. The highest BCUT2D eigenvalue weighted by atomic mass is 32.2. The Balaban J connectivity index is 1.88. The molecule has 4 aromatic rings. The molecule has 1 aliphatic rings. The van der Waals surface area contributed by atoms with Gasteiger partial charge in [0.15, 0.2) is 0 Å². The molecule has 224 valence electrons. The summed E-state index contributed by atoms with van der Waals surface area (Å²) in [7, 11) is -4.48. The second kappa shape index (κ2) is 11.7. The molecule has 0 amide bonds. The van der Waals surface area contributed by atoms with Gasteiger partial charge in [-0.3, -0.25) is 29.6 Å². The molecule has 0 spiro atoms. The van der Waals surface area contributed by atoms with Crippen molar-refractivity contribution in [2.24, 2.45) is 5.73 Å². The molecule has 5 rings (SSSR count). The number of hydrogen-bond acceptors (Lipinski definition) is 11. The average Bonchev–Trinajstić information content (AvgIpc) is 3.33. The van der Waals surface area contributed by atoms with Crippen molar-refractivity contribution in [1.82, 2.24) is 4.57 Å². The number of sulfone groups is 1. The molecule has 2 heterocycles. The van der Waals surface area contributed by atoms with Crippen molar-refractivity contribution in [3.8, 4) is 0 Å². The number of carbonyl (C=O) groups excluding carboxylic acids is 1. The minimum absolute atomic E-state index is 0.00877. The molecule has 15 heteroatoms. The zero-order valence-electron chi connectivity index (χ0n) is 22.8. The lowest BCUT2D eigenvalue weighted by molar-refractivity contribution is -0.385. The second-order valence-electron chi connectivity index (χ2n) is 9.39. The molecule has 0 bridgehead atoms. The first-order valence-corrected chi connectivity index (χ1v) is 15.2. The Bertz CT molecular complexity index is 2130. The predicted molar refractivity (Wildman–Crippen MR) is 161 cm³/mol. The average molecular weight is 635 g/mol. The molecule has 0 aliphatic carbocycles. The van der Waals surface area contributed by atoms with Gasteiger partial charge in [-0.1, -0.05) is 30.3 Å². The molecule has 1 atom stereocenters. The van der Waals surface area contributed by atoms with E-state index in [9.17, 15) is 38.2 Å². The van der Waals surface area contributed by atoms with E-state index in [1.807, 2.05) is 0 Å². The Labute approximate surface area is 252 Å². The molecule has 3 aromatic carbocycles. The van der Waals surface area contributed by atoms with Crippen LogP contribution in [0.4, 0.5) is 11.4 Å². The molecular formula is C29H22N4O9S2. The van der Waals surface area contributed by atoms with Gasteiger partial charge in [-0.05, 0) is 48.4 Å². The number of nitrogens with zero attached hydrogens (tertiary/aromatic N) is 3. The van der Waals surface area contributed by atoms with Crippen LogP contribution < -0.4 is 20.5 Å². The number of carbonyl (C=O) groups is 1. The van der Waals surface area contributed by atoms with Gasteiger partial charge < -0.3 is 10.5 Å². The molecule has 0 saturated carbocycles. The van der Waals surface area contributed by atoms with E-state index in [1.54, 1.807) is 13.0 Å². The third kappa shape index (κ3) is 5.29. The zero-order valence-corrected chi connectivity index (χ0v) is 24.4. The van der Waals surface area contributed by atoms with E-state index in [1.165, 1.54) is 78.9 Å². The summed E-state index contributed by atoms with van der Waals surface area (Å²) in [5.74, 6) is -2.77. The van der Waals surface area contributed by atoms with E-state index in [0.717, 1.165) is 15.9 Å². The zero-order chi connectivity index (χ0) is 31.8. The Morgan fingerprint density at radius 3 is 2.09 bits per heavy atom. The summed E-state index contributed by atoms with van der Waals surface area (Å²) in [6, 6.07) is 17.7. The summed E-state index contributed by atoms with van der Waals surface area (Å²) in [5, 5.41) is 22.4. The van der Waals surface area contributed by atoms with Gasteiger partial charge in [0.05, 0.1) is 37.4 Å². The number of fused-ring (bicyclic) bond motifs is 1. The van der Waals surface area contributed by atoms with E-state index in [0.29, 0.717) is 5.56 Å². The number of hydrogen-bond donors (Lipinski definition) is 1. The first-order chi connectivity index (χ1) is 20.9. The van der Waals surface area contributed by atoms with Crippen molar-refractivity contribution < 1.29 is 27.8 Å². The third-order valence-electron chi connectivity index (χ3n) is 6.78. The van der Waals surface area contributed by atoms with Gasteiger partial charge in [-0.25, -0.2) is 13.2 Å². The summed E-state index contributed by atoms with van der Waals surface area (Å²) in [5.41, 5.74) is 5.79. The molecule has 1 aromatic heterocycles. The maximum Gasteiger partial charge on any atom is 0.338 e. The van der Waals surface area contributed by atoms with Crippen LogP contribution in [0.1, 0.15) is 24.0 Å². The summed E-state index contributed by atoms with van der Waals surface area (Å²) < 4.78 is 34.7. The van der Waals surface area contributed by atoms with Crippen LogP contribution in [0.2, 0.25) is 0 Å². The topological polar surface area (TPSA) is 195 Å². The van der Waals surface area contributed by atoms with Crippen LogP contribution >= 0.6 is 11.3 Å². The van der Waals surface area contributed by atoms with Crippen LogP contribution in [0.25, 0.3) is 17.5 Å². The number of esters is 1. The predicted octanol–water partition coefficient (Wildman–Crippen LogP) is 2.62. The van der Waals surface area contributed by atoms with Gasteiger partial charge in [-0.2, -0.15) is 0 Å². The Morgan fingerprint density at radius 2 is 1.55 bits per heavy atom. The van der Waals surface area contributed by atoms with Gasteiger partial charge in [-0.15, -0.1) is 11.3 Å².